The van der Waals surface area contributed by atoms with Gasteiger partial charge < -0.3 is 9.80 Å². The Labute approximate surface area is 113 Å². The maximum atomic E-state index is 12.4. The molecule has 0 saturated carbocycles. The molecule has 19 heavy (non-hydrogen) atoms. The van der Waals surface area contributed by atoms with Gasteiger partial charge in [0, 0.05) is 25.3 Å². The Hall–Kier alpha value is -1.93. The van der Waals surface area contributed by atoms with Crippen LogP contribution in [-0.2, 0) is 0 Å². The molecule has 2 heterocycles. The van der Waals surface area contributed by atoms with E-state index in [-0.39, 0.29) is 11.9 Å². The number of carbonyl (C=O) groups excluding carboxylic acids is 1. The topological polar surface area (TPSA) is 60.2 Å². The molecule has 1 aliphatic heterocycles. The second kappa shape index (κ2) is 5.81. The van der Waals surface area contributed by atoms with Crippen molar-refractivity contribution in [3.8, 4) is 6.07 Å². The van der Waals surface area contributed by atoms with Crippen molar-refractivity contribution in [2.45, 2.75) is 19.4 Å². The van der Waals surface area contributed by atoms with E-state index in [1.54, 1.807) is 12.1 Å². The lowest BCUT2D eigenvalue weighted by Crippen LogP contribution is -2.42. The number of nitrogens with zero attached hydrogens (tertiary/aromatic N) is 4. The molecule has 1 aromatic rings. The number of hydrogen-bond donors (Lipinski definition) is 0. The Morgan fingerprint density at radius 2 is 2.26 bits per heavy atom. The van der Waals surface area contributed by atoms with Crippen LogP contribution in [0.15, 0.2) is 18.3 Å². The van der Waals surface area contributed by atoms with E-state index in [1.807, 2.05) is 11.0 Å². The Balaban J connectivity index is 2.15. The fourth-order valence-electron chi connectivity index (χ4n) is 2.41. The average Bonchev–Trinajstić information content (AvgIpc) is 2.58. The summed E-state index contributed by atoms with van der Waals surface area (Å²) in [5.41, 5.74) is 0.885. The third-order valence-corrected chi connectivity index (χ3v) is 3.42. The minimum Gasteiger partial charge on any atom is -0.333 e. The van der Waals surface area contributed by atoms with Gasteiger partial charge >= 0.3 is 0 Å². The number of pyridine rings is 1. The average molecular weight is 258 g/mol. The van der Waals surface area contributed by atoms with Gasteiger partial charge in [0.25, 0.3) is 5.91 Å². The van der Waals surface area contributed by atoms with E-state index in [1.165, 1.54) is 6.20 Å². The number of carbonyl (C=O) groups is 1. The smallest absolute Gasteiger partial charge is 0.272 e. The van der Waals surface area contributed by atoms with Crippen molar-refractivity contribution in [2.75, 3.05) is 26.7 Å². The van der Waals surface area contributed by atoms with Crippen molar-refractivity contribution >= 4 is 5.91 Å². The van der Waals surface area contributed by atoms with Gasteiger partial charge in [-0.15, -0.1) is 0 Å². The zero-order valence-corrected chi connectivity index (χ0v) is 11.3. The lowest BCUT2D eigenvalue weighted by atomic mass is 10.2. The number of nitriles is 1. The van der Waals surface area contributed by atoms with Crippen LogP contribution < -0.4 is 0 Å². The van der Waals surface area contributed by atoms with Crippen LogP contribution in [0.1, 0.15) is 29.4 Å². The maximum Gasteiger partial charge on any atom is 0.272 e. The van der Waals surface area contributed by atoms with Crippen molar-refractivity contribution in [1.82, 2.24) is 14.8 Å². The Morgan fingerprint density at radius 3 is 2.89 bits per heavy atom. The first-order valence-corrected chi connectivity index (χ1v) is 6.47. The summed E-state index contributed by atoms with van der Waals surface area (Å²) in [6, 6.07) is 5.44. The summed E-state index contributed by atoms with van der Waals surface area (Å²) in [6.45, 7) is 4.70. The highest BCUT2D eigenvalue weighted by atomic mass is 16.2. The largest absolute Gasteiger partial charge is 0.333 e. The minimum atomic E-state index is -0.0488. The van der Waals surface area contributed by atoms with Crippen LogP contribution in [0.25, 0.3) is 0 Å². The molecule has 0 bridgehead atoms. The molecule has 1 saturated heterocycles. The minimum absolute atomic E-state index is 0.0488. The van der Waals surface area contributed by atoms with Crippen LogP contribution in [0.5, 0.6) is 0 Å². The van der Waals surface area contributed by atoms with E-state index < -0.39 is 0 Å². The van der Waals surface area contributed by atoms with Gasteiger partial charge in [-0.25, -0.2) is 4.98 Å². The molecule has 1 amide bonds. The summed E-state index contributed by atoms with van der Waals surface area (Å²) in [7, 11) is 2.07. The standard InChI is InChI=1S/C14H18N4O/c1-11-10-17(2)6-3-7-18(11)14(19)13-5-4-12(8-15)9-16-13/h4-5,9,11H,3,6-7,10H2,1-2H3. The molecule has 0 N–H and O–H groups in total. The molecule has 0 spiro atoms. The molecule has 1 aromatic heterocycles. The zero-order chi connectivity index (χ0) is 13.8. The normalized spacial score (nSPS) is 20.7. The highest BCUT2D eigenvalue weighted by Crippen LogP contribution is 2.12. The second-order valence-electron chi connectivity index (χ2n) is 5.01. The van der Waals surface area contributed by atoms with Crippen LogP contribution in [0.2, 0.25) is 0 Å². The van der Waals surface area contributed by atoms with E-state index in [4.69, 9.17) is 5.26 Å². The summed E-state index contributed by atoms with van der Waals surface area (Å²) >= 11 is 0. The third kappa shape index (κ3) is 3.09. The van der Waals surface area contributed by atoms with Gasteiger partial charge in [-0.3, -0.25) is 4.79 Å². The fourth-order valence-corrected chi connectivity index (χ4v) is 2.41. The Kier molecular flexibility index (Phi) is 4.13. The van der Waals surface area contributed by atoms with Crippen LogP contribution in [0.4, 0.5) is 0 Å². The monoisotopic (exact) mass is 258 g/mol. The highest BCUT2D eigenvalue weighted by molar-refractivity contribution is 5.92. The van der Waals surface area contributed by atoms with E-state index in [2.05, 4.69) is 23.9 Å². The fraction of sp³-hybridized carbons (Fsp3) is 0.500. The highest BCUT2D eigenvalue weighted by Gasteiger charge is 2.25. The summed E-state index contributed by atoms with van der Waals surface area (Å²) in [6.07, 6.45) is 2.42. The van der Waals surface area contributed by atoms with Gasteiger partial charge in [0.05, 0.1) is 5.56 Å². The zero-order valence-electron chi connectivity index (χ0n) is 11.3. The molecule has 0 radical (unpaired) electrons. The predicted molar refractivity (Wildman–Crippen MR) is 71.6 cm³/mol. The number of likely N-dealkylation sites (N-methyl/N-ethyl adjacent to an activating group) is 1. The van der Waals surface area contributed by atoms with Crippen LogP contribution in [-0.4, -0.2) is 53.4 Å². The molecule has 1 unspecified atom stereocenters. The number of hydrogen-bond acceptors (Lipinski definition) is 4. The molecule has 100 valence electrons. The molecular formula is C14H18N4O. The molecule has 5 heteroatoms. The summed E-state index contributed by atoms with van der Waals surface area (Å²) < 4.78 is 0. The summed E-state index contributed by atoms with van der Waals surface area (Å²) in [5, 5.41) is 8.73. The number of aromatic nitrogens is 1. The van der Waals surface area contributed by atoms with Crippen molar-refractivity contribution in [2.24, 2.45) is 0 Å². The van der Waals surface area contributed by atoms with E-state index >= 15 is 0 Å². The predicted octanol–water partition coefficient (Wildman–Crippen LogP) is 1.12. The van der Waals surface area contributed by atoms with Crippen LogP contribution >= 0.6 is 0 Å². The van der Waals surface area contributed by atoms with Gasteiger partial charge in [0.1, 0.15) is 11.8 Å². The molecule has 1 aliphatic rings. The summed E-state index contributed by atoms with van der Waals surface area (Å²) in [5.74, 6) is -0.0488. The molecular weight excluding hydrogens is 240 g/mol. The number of rotatable bonds is 1. The van der Waals surface area contributed by atoms with Crippen LogP contribution in [0, 0.1) is 11.3 Å². The second-order valence-corrected chi connectivity index (χ2v) is 5.01. The van der Waals surface area contributed by atoms with E-state index in [0.717, 1.165) is 26.1 Å². The first-order valence-electron chi connectivity index (χ1n) is 6.47. The van der Waals surface area contributed by atoms with Crippen LogP contribution in [0.3, 0.4) is 0 Å². The molecule has 0 aromatic carbocycles. The molecule has 1 fully saturated rings. The SMILES string of the molecule is CC1CN(C)CCCN1C(=O)c1ccc(C#N)cn1. The number of amides is 1. The molecule has 2 rings (SSSR count). The van der Waals surface area contributed by atoms with Crippen molar-refractivity contribution in [1.29, 1.82) is 5.26 Å². The Bertz CT molecular complexity index is 491. The summed E-state index contributed by atoms with van der Waals surface area (Å²) in [4.78, 5) is 20.6. The first kappa shape index (κ1) is 13.5. The lowest BCUT2D eigenvalue weighted by Gasteiger charge is -2.27. The lowest BCUT2D eigenvalue weighted by molar-refractivity contribution is 0.0690. The van der Waals surface area contributed by atoms with Gasteiger partial charge in [0.2, 0.25) is 0 Å². The third-order valence-electron chi connectivity index (χ3n) is 3.42. The first-order chi connectivity index (χ1) is 9.11. The van der Waals surface area contributed by atoms with E-state index in [9.17, 15) is 4.79 Å². The van der Waals surface area contributed by atoms with Gasteiger partial charge in [-0.1, -0.05) is 0 Å². The Morgan fingerprint density at radius 1 is 1.47 bits per heavy atom. The molecule has 5 nitrogen and oxygen atoms in total. The van der Waals surface area contributed by atoms with Gasteiger partial charge in [-0.05, 0) is 39.1 Å². The maximum absolute atomic E-state index is 12.4. The van der Waals surface area contributed by atoms with Crippen molar-refractivity contribution in [3.05, 3.63) is 29.6 Å². The molecule has 1 atom stereocenters. The molecule has 0 aliphatic carbocycles. The van der Waals surface area contributed by atoms with E-state index in [0.29, 0.717) is 11.3 Å². The van der Waals surface area contributed by atoms with Crippen molar-refractivity contribution in [3.63, 3.8) is 0 Å². The van der Waals surface area contributed by atoms with Crippen molar-refractivity contribution < 1.29 is 4.79 Å². The quantitative estimate of drug-likeness (QED) is 0.757. The van der Waals surface area contributed by atoms with Gasteiger partial charge in [0.15, 0.2) is 0 Å². The van der Waals surface area contributed by atoms with Gasteiger partial charge in [-0.2, -0.15) is 5.26 Å².